The van der Waals surface area contributed by atoms with Crippen LogP contribution in [0.15, 0.2) is 12.1 Å². The highest BCUT2D eigenvalue weighted by Crippen LogP contribution is 2.39. The van der Waals surface area contributed by atoms with Crippen LogP contribution in [-0.4, -0.2) is 49.3 Å². The monoisotopic (exact) mass is 424 g/mol. The number of ether oxygens (including phenoxy) is 3. The average Bonchev–Trinajstić information content (AvgIpc) is 2.66. The van der Waals surface area contributed by atoms with Gasteiger partial charge in [-0.25, -0.2) is 0 Å². The highest BCUT2D eigenvalue weighted by atomic mass is 16.6. The van der Waals surface area contributed by atoms with E-state index in [1.54, 1.807) is 13.2 Å². The van der Waals surface area contributed by atoms with Crippen LogP contribution < -0.4 is 9.47 Å². The van der Waals surface area contributed by atoms with Gasteiger partial charge in [0.05, 0.1) is 42.0 Å². The van der Waals surface area contributed by atoms with Crippen LogP contribution in [-0.2, 0) is 4.74 Å². The molecule has 0 aliphatic rings. The maximum atomic E-state index is 11.6. The van der Waals surface area contributed by atoms with E-state index < -0.39 is 16.6 Å². The zero-order valence-corrected chi connectivity index (χ0v) is 19.8. The molecule has 1 aromatic rings. The lowest BCUT2D eigenvalue weighted by atomic mass is 10.1. The predicted octanol–water partition coefficient (Wildman–Crippen LogP) is 5.76. The van der Waals surface area contributed by atoms with Gasteiger partial charge in [0.15, 0.2) is 11.5 Å². The Bertz CT molecular complexity index is 658. The van der Waals surface area contributed by atoms with Gasteiger partial charge in [-0.15, -0.1) is 0 Å². The SMILES string of the molecule is CCCCN(C)CCCCCOc1cc([N+](=O)[O-])c(C(C)OC(C)(C)C)cc1OC. The van der Waals surface area contributed by atoms with Crippen molar-refractivity contribution < 1.29 is 19.1 Å². The van der Waals surface area contributed by atoms with E-state index in [1.165, 1.54) is 18.9 Å². The highest BCUT2D eigenvalue weighted by Gasteiger charge is 2.27. The van der Waals surface area contributed by atoms with Crippen molar-refractivity contribution in [3.63, 3.8) is 0 Å². The summed E-state index contributed by atoms with van der Waals surface area (Å²) in [5.74, 6) is 0.884. The zero-order chi connectivity index (χ0) is 22.7. The molecular formula is C23H40N2O5. The summed E-state index contributed by atoms with van der Waals surface area (Å²) in [6.07, 6.45) is 5.05. The van der Waals surface area contributed by atoms with E-state index >= 15 is 0 Å². The van der Waals surface area contributed by atoms with Crippen LogP contribution in [0.2, 0.25) is 0 Å². The Balaban J connectivity index is 2.72. The average molecular weight is 425 g/mol. The van der Waals surface area contributed by atoms with Gasteiger partial charge in [-0.05, 0) is 79.6 Å². The molecule has 1 rings (SSSR count). The van der Waals surface area contributed by atoms with Crippen LogP contribution in [0.5, 0.6) is 11.5 Å². The van der Waals surface area contributed by atoms with Crippen molar-refractivity contribution in [1.82, 2.24) is 4.90 Å². The number of nitro groups is 1. The minimum Gasteiger partial charge on any atom is -0.493 e. The molecule has 0 aliphatic carbocycles. The Hall–Kier alpha value is -1.86. The van der Waals surface area contributed by atoms with Gasteiger partial charge in [0.1, 0.15) is 0 Å². The molecule has 0 heterocycles. The van der Waals surface area contributed by atoms with Crippen LogP contribution in [0.4, 0.5) is 5.69 Å². The van der Waals surface area contributed by atoms with Crippen LogP contribution in [0, 0.1) is 10.1 Å². The van der Waals surface area contributed by atoms with Crippen LogP contribution in [0.1, 0.15) is 78.4 Å². The zero-order valence-electron chi connectivity index (χ0n) is 19.8. The summed E-state index contributed by atoms with van der Waals surface area (Å²) in [5.41, 5.74) is 0.0506. The molecule has 1 atom stereocenters. The third-order valence-electron chi connectivity index (χ3n) is 4.81. The first-order valence-corrected chi connectivity index (χ1v) is 10.9. The first kappa shape index (κ1) is 26.2. The fourth-order valence-corrected chi connectivity index (χ4v) is 3.30. The predicted molar refractivity (Wildman–Crippen MR) is 121 cm³/mol. The lowest BCUT2D eigenvalue weighted by molar-refractivity contribution is -0.386. The van der Waals surface area contributed by atoms with Gasteiger partial charge < -0.3 is 19.1 Å². The normalized spacial score (nSPS) is 12.8. The molecule has 0 bridgehead atoms. The largest absolute Gasteiger partial charge is 0.493 e. The van der Waals surface area contributed by atoms with Gasteiger partial charge >= 0.3 is 0 Å². The van der Waals surface area contributed by atoms with E-state index in [9.17, 15) is 10.1 Å². The molecule has 172 valence electrons. The van der Waals surface area contributed by atoms with Gasteiger partial charge in [-0.2, -0.15) is 0 Å². The smallest absolute Gasteiger partial charge is 0.279 e. The van der Waals surface area contributed by atoms with Crippen molar-refractivity contribution in [2.24, 2.45) is 0 Å². The molecule has 30 heavy (non-hydrogen) atoms. The number of methoxy groups -OCH3 is 1. The third-order valence-corrected chi connectivity index (χ3v) is 4.81. The second kappa shape index (κ2) is 12.7. The Kier molecular flexibility index (Phi) is 11.1. The number of hydrogen-bond donors (Lipinski definition) is 0. The minimum absolute atomic E-state index is 0.0138. The molecule has 1 unspecified atom stereocenters. The summed E-state index contributed by atoms with van der Waals surface area (Å²) in [6, 6.07) is 3.11. The van der Waals surface area contributed by atoms with Crippen LogP contribution in [0.3, 0.4) is 0 Å². The molecule has 0 aliphatic heterocycles. The Morgan fingerprint density at radius 1 is 1.10 bits per heavy atom. The maximum Gasteiger partial charge on any atom is 0.279 e. The van der Waals surface area contributed by atoms with E-state index in [-0.39, 0.29) is 5.69 Å². The maximum absolute atomic E-state index is 11.6. The van der Waals surface area contributed by atoms with Gasteiger partial charge in [-0.1, -0.05) is 13.3 Å². The molecule has 0 saturated carbocycles. The molecule has 0 aromatic heterocycles. The number of unbranched alkanes of at least 4 members (excludes halogenated alkanes) is 3. The Morgan fingerprint density at radius 3 is 2.33 bits per heavy atom. The first-order valence-electron chi connectivity index (χ1n) is 10.9. The number of hydrogen-bond acceptors (Lipinski definition) is 6. The molecule has 0 saturated heterocycles. The van der Waals surface area contributed by atoms with Gasteiger partial charge in [-0.3, -0.25) is 10.1 Å². The summed E-state index contributed by atoms with van der Waals surface area (Å²) in [6.45, 7) is 12.5. The van der Waals surface area contributed by atoms with Crippen molar-refractivity contribution in [1.29, 1.82) is 0 Å². The van der Waals surface area contributed by atoms with Crippen molar-refractivity contribution in [3.8, 4) is 11.5 Å². The van der Waals surface area contributed by atoms with Gasteiger partial charge in [0.2, 0.25) is 0 Å². The van der Waals surface area contributed by atoms with Gasteiger partial charge in [0, 0.05) is 0 Å². The summed E-state index contributed by atoms with van der Waals surface area (Å²) < 4.78 is 17.2. The van der Waals surface area contributed by atoms with Crippen LogP contribution >= 0.6 is 0 Å². The summed E-state index contributed by atoms with van der Waals surface area (Å²) in [5, 5.41) is 11.6. The fraction of sp³-hybridized carbons (Fsp3) is 0.739. The molecule has 0 amide bonds. The molecule has 7 heteroatoms. The summed E-state index contributed by atoms with van der Waals surface area (Å²) >= 11 is 0. The second-order valence-corrected chi connectivity index (χ2v) is 8.76. The Morgan fingerprint density at radius 2 is 1.77 bits per heavy atom. The van der Waals surface area contributed by atoms with Crippen molar-refractivity contribution in [2.75, 3.05) is 33.9 Å². The van der Waals surface area contributed by atoms with Crippen LogP contribution in [0.25, 0.3) is 0 Å². The highest BCUT2D eigenvalue weighted by molar-refractivity contribution is 5.55. The molecular weight excluding hydrogens is 384 g/mol. The van der Waals surface area contributed by atoms with E-state index in [4.69, 9.17) is 14.2 Å². The summed E-state index contributed by atoms with van der Waals surface area (Å²) in [7, 11) is 3.70. The van der Waals surface area contributed by atoms with Crippen molar-refractivity contribution in [2.45, 2.75) is 78.4 Å². The summed E-state index contributed by atoms with van der Waals surface area (Å²) in [4.78, 5) is 13.6. The third kappa shape index (κ3) is 9.30. The molecule has 1 aromatic carbocycles. The van der Waals surface area contributed by atoms with Crippen molar-refractivity contribution in [3.05, 3.63) is 27.8 Å². The topological polar surface area (TPSA) is 74.1 Å². The van der Waals surface area contributed by atoms with Crippen molar-refractivity contribution >= 4 is 5.69 Å². The molecule has 0 spiro atoms. The number of nitro benzene ring substituents is 1. The minimum atomic E-state index is -0.446. The molecule has 0 radical (unpaired) electrons. The molecule has 0 N–H and O–H groups in total. The number of benzene rings is 1. The number of nitrogens with zero attached hydrogens (tertiary/aromatic N) is 2. The quantitative estimate of drug-likeness (QED) is 0.215. The van der Waals surface area contributed by atoms with E-state index in [1.807, 2.05) is 27.7 Å². The lowest BCUT2D eigenvalue weighted by Crippen LogP contribution is -2.21. The Labute approximate surface area is 181 Å². The molecule has 7 nitrogen and oxygen atoms in total. The van der Waals surface area contributed by atoms with Gasteiger partial charge in [0.25, 0.3) is 5.69 Å². The van der Waals surface area contributed by atoms with E-state index in [0.717, 1.165) is 32.4 Å². The second-order valence-electron chi connectivity index (χ2n) is 8.76. The number of rotatable bonds is 14. The van der Waals surface area contributed by atoms with E-state index in [2.05, 4.69) is 18.9 Å². The standard InChI is InChI=1S/C23H40N2O5/c1-8-9-13-24(6)14-11-10-12-15-29-22-17-20(25(26)27)19(16-21(22)28-7)18(2)30-23(3,4)5/h16-18H,8-15H2,1-7H3. The lowest BCUT2D eigenvalue weighted by Gasteiger charge is -2.25. The first-order chi connectivity index (χ1) is 14.1. The molecule has 0 fully saturated rings. The fourth-order valence-electron chi connectivity index (χ4n) is 3.30. The van der Waals surface area contributed by atoms with E-state index in [0.29, 0.717) is 23.7 Å².